The van der Waals surface area contributed by atoms with Crippen LogP contribution in [-0.4, -0.2) is 46.9 Å². The second-order valence-electron chi connectivity index (χ2n) is 6.37. The van der Waals surface area contributed by atoms with Crippen LogP contribution < -0.4 is 4.74 Å². The Bertz CT molecular complexity index is 779. The van der Waals surface area contributed by atoms with Crippen LogP contribution in [0.2, 0.25) is 5.02 Å². The standard InChI is InChI=1S/C20H21ClO6/c1-20(2,19(25)26-17(11-22)12-23)27-16-9-5-14(6-10-16)18(24)13-3-7-15(21)8-4-13/h3-10,17,22-23H,11-12H2,1-2H3. The first-order chi connectivity index (χ1) is 12.8. The third-order valence-corrected chi connectivity index (χ3v) is 4.02. The zero-order valence-corrected chi connectivity index (χ0v) is 15.8. The second kappa shape index (κ2) is 8.99. The summed E-state index contributed by atoms with van der Waals surface area (Å²) in [4.78, 5) is 24.6. The fourth-order valence-electron chi connectivity index (χ4n) is 2.20. The van der Waals surface area contributed by atoms with E-state index in [4.69, 9.17) is 31.3 Å². The number of aliphatic hydroxyl groups is 2. The number of rotatable bonds is 8. The van der Waals surface area contributed by atoms with Crippen molar-refractivity contribution in [3.63, 3.8) is 0 Å². The van der Waals surface area contributed by atoms with E-state index in [1.165, 1.54) is 13.8 Å². The maximum Gasteiger partial charge on any atom is 0.350 e. The van der Waals surface area contributed by atoms with Crippen molar-refractivity contribution >= 4 is 23.4 Å². The summed E-state index contributed by atoms with van der Waals surface area (Å²) in [6, 6.07) is 12.9. The number of ketones is 1. The Balaban J connectivity index is 2.07. The summed E-state index contributed by atoms with van der Waals surface area (Å²) in [5.74, 6) is -0.517. The molecule has 0 unspecified atom stereocenters. The molecular weight excluding hydrogens is 372 g/mol. The lowest BCUT2D eigenvalue weighted by atomic mass is 10.0. The van der Waals surface area contributed by atoms with Gasteiger partial charge >= 0.3 is 5.97 Å². The van der Waals surface area contributed by atoms with Crippen molar-refractivity contribution in [1.29, 1.82) is 0 Å². The Kier molecular flexibility index (Phi) is 6.96. The molecule has 0 amide bonds. The molecule has 0 aliphatic carbocycles. The molecule has 0 radical (unpaired) electrons. The molecule has 144 valence electrons. The van der Waals surface area contributed by atoms with Gasteiger partial charge in [-0.2, -0.15) is 0 Å². The first-order valence-corrected chi connectivity index (χ1v) is 8.66. The number of esters is 1. The highest BCUT2D eigenvalue weighted by atomic mass is 35.5. The average molecular weight is 393 g/mol. The van der Waals surface area contributed by atoms with Crippen molar-refractivity contribution in [3.05, 3.63) is 64.7 Å². The first kappa shape index (κ1) is 20.9. The van der Waals surface area contributed by atoms with Gasteiger partial charge in [0.1, 0.15) is 11.9 Å². The summed E-state index contributed by atoms with van der Waals surface area (Å²) in [6.45, 7) is 2.04. The van der Waals surface area contributed by atoms with E-state index in [0.717, 1.165) is 0 Å². The van der Waals surface area contributed by atoms with Gasteiger partial charge in [0, 0.05) is 16.1 Å². The van der Waals surface area contributed by atoms with Gasteiger partial charge in [-0.15, -0.1) is 0 Å². The molecule has 0 aromatic heterocycles. The normalized spacial score (nSPS) is 11.3. The van der Waals surface area contributed by atoms with E-state index in [-0.39, 0.29) is 5.78 Å². The Morgan fingerprint density at radius 2 is 1.44 bits per heavy atom. The molecule has 0 bridgehead atoms. The molecule has 27 heavy (non-hydrogen) atoms. The zero-order chi connectivity index (χ0) is 20.0. The third-order valence-electron chi connectivity index (χ3n) is 3.77. The van der Waals surface area contributed by atoms with Gasteiger partial charge in [0.25, 0.3) is 0 Å². The molecule has 0 saturated carbocycles. The van der Waals surface area contributed by atoms with Crippen LogP contribution in [0.5, 0.6) is 5.75 Å². The van der Waals surface area contributed by atoms with Gasteiger partial charge in [0.05, 0.1) is 13.2 Å². The van der Waals surface area contributed by atoms with Crippen LogP contribution in [0.3, 0.4) is 0 Å². The minimum absolute atomic E-state index is 0.161. The lowest BCUT2D eigenvalue weighted by molar-refractivity contribution is -0.169. The van der Waals surface area contributed by atoms with E-state index < -0.39 is 30.9 Å². The van der Waals surface area contributed by atoms with E-state index in [0.29, 0.717) is 21.9 Å². The Labute approximate surface area is 162 Å². The molecule has 0 aliphatic heterocycles. The molecule has 2 rings (SSSR count). The van der Waals surface area contributed by atoms with Gasteiger partial charge < -0.3 is 19.7 Å². The van der Waals surface area contributed by atoms with E-state index in [1.807, 2.05) is 0 Å². The summed E-state index contributed by atoms with van der Waals surface area (Å²) in [5.41, 5.74) is -0.369. The minimum Gasteiger partial charge on any atom is -0.476 e. The van der Waals surface area contributed by atoms with E-state index in [2.05, 4.69) is 0 Å². The van der Waals surface area contributed by atoms with Crippen molar-refractivity contribution in [2.24, 2.45) is 0 Å². The molecule has 0 atom stereocenters. The number of halogens is 1. The van der Waals surface area contributed by atoms with Crippen LogP contribution >= 0.6 is 11.6 Å². The summed E-state index contributed by atoms with van der Waals surface area (Å²) < 4.78 is 10.6. The maximum absolute atomic E-state index is 12.4. The van der Waals surface area contributed by atoms with Crippen LogP contribution in [0, 0.1) is 0 Å². The molecule has 0 aliphatic rings. The summed E-state index contributed by atoms with van der Waals surface area (Å²) in [6.07, 6.45) is -1.00. The number of carbonyl (C=O) groups excluding carboxylic acids is 2. The number of aliphatic hydroxyl groups excluding tert-OH is 2. The largest absolute Gasteiger partial charge is 0.476 e. The van der Waals surface area contributed by atoms with E-state index in [1.54, 1.807) is 48.5 Å². The van der Waals surface area contributed by atoms with Gasteiger partial charge in [0.15, 0.2) is 11.4 Å². The number of benzene rings is 2. The van der Waals surface area contributed by atoms with Crippen LogP contribution in [-0.2, 0) is 9.53 Å². The van der Waals surface area contributed by atoms with Crippen molar-refractivity contribution in [2.45, 2.75) is 25.6 Å². The van der Waals surface area contributed by atoms with Crippen LogP contribution in [0.25, 0.3) is 0 Å². The number of hydrogen-bond acceptors (Lipinski definition) is 6. The molecule has 2 aromatic rings. The van der Waals surface area contributed by atoms with Crippen LogP contribution in [0.4, 0.5) is 0 Å². The number of carbonyl (C=O) groups is 2. The lowest BCUT2D eigenvalue weighted by Gasteiger charge is -2.26. The molecular formula is C20H21ClO6. The fraction of sp³-hybridized carbons (Fsp3) is 0.300. The third kappa shape index (κ3) is 5.53. The van der Waals surface area contributed by atoms with Gasteiger partial charge in [0.2, 0.25) is 0 Å². The van der Waals surface area contributed by atoms with Gasteiger partial charge in [-0.1, -0.05) is 11.6 Å². The highest BCUT2D eigenvalue weighted by Gasteiger charge is 2.33. The predicted octanol–water partition coefficient (Wildman–Crippen LogP) is 2.62. The van der Waals surface area contributed by atoms with Crippen molar-refractivity contribution < 1.29 is 29.3 Å². The average Bonchev–Trinajstić information content (AvgIpc) is 2.66. The molecule has 0 spiro atoms. The lowest BCUT2D eigenvalue weighted by Crippen LogP contribution is -2.43. The minimum atomic E-state index is -1.34. The monoisotopic (exact) mass is 392 g/mol. The summed E-state index contributed by atoms with van der Waals surface area (Å²) >= 11 is 5.83. The van der Waals surface area contributed by atoms with Crippen LogP contribution in [0.15, 0.2) is 48.5 Å². The highest BCUT2D eigenvalue weighted by molar-refractivity contribution is 6.30. The van der Waals surface area contributed by atoms with Crippen molar-refractivity contribution in [1.82, 2.24) is 0 Å². The fourth-order valence-corrected chi connectivity index (χ4v) is 2.33. The van der Waals surface area contributed by atoms with Gasteiger partial charge in [-0.3, -0.25) is 4.79 Å². The Hall–Kier alpha value is -2.41. The summed E-state index contributed by atoms with van der Waals surface area (Å²) in [7, 11) is 0. The van der Waals surface area contributed by atoms with Gasteiger partial charge in [-0.05, 0) is 62.4 Å². The predicted molar refractivity (Wildman–Crippen MR) is 100 cm³/mol. The topological polar surface area (TPSA) is 93.1 Å². The Morgan fingerprint density at radius 1 is 0.963 bits per heavy atom. The molecule has 6 nitrogen and oxygen atoms in total. The second-order valence-corrected chi connectivity index (χ2v) is 6.80. The van der Waals surface area contributed by atoms with Gasteiger partial charge in [-0.25, -0.2) is 4.79 Å². The quantitative estimate of drug-likeness (QED) is 0.530. The van der Waals surface area contributed by atoms with Crippen LogP contribution in [0.1, 0.15) is 29.8 Å². The number of ether oxygens (including phenoxy) is 2. The maximum atomic E-state index is 12.4. The molecule has 0 heterocycles. The van der Waals surface area contributed by atoms with Crippen molar-refractivity contribution in [3.8, 4) is 5.75 Å². The first-order valence-electron chi connectivity index (χ1n) is 8.29. The molecule has 7 heteroatoms. The summed E-state index contributed by atoms with van der Waals surface area (Å²) in [5, 5.41) is 18.6. The smallest absolute Gasteiger partial charge is 0.350 e. The molecule has 0 fully saturated rings. The SMILES string of the molecule is CC(C)(Oc1ccc(C(=O)c2ccc(Cl)cc2)cc1)C(=O)OC(CO)CO. The molecule has 2 aromatic carbocycles. The number of hydrogen-bond donors (Lipinski definition) is 2. The van der Waals surface area contributed by atoms with E-state index in [9.17, 15) is 9.59 Å². The highest BCUT2D eigenvalue weighted by Crippen LogP contribution is 2.22. The molecule has 2 N–H and O–H groups in total. The van der Waals surface area contributed by atoms with Crippen molar-refractivity contribution in [2.75, 3.05) is 13.2 Å². The Morgan fingerprint density at radius 3 is 1.93 bits per heavy atom. The zero-order valence-electron chi connectivity index (χ0n) is 15.0. The van der Waals surface area contributed by atoms with E-state index >= 15 is 0 Å². The molecule has 0 saturated heterocycles.